The van der Waals surface area contributed by atoms with E-state index in [0.29, 0.717) is 3.42 Å². The molecule has 0 saturated heterocycles. The summed E-state index contributed by atoms with van der Waals surface area (Å²) in [6.07, 6.45) is 21.0. The van der Waals surface area contributed by atoms with Crippen LogP contribution in [0.3, 0.4) is 0 Å². The predicted octanol–water partition coefficient (Wildman–Crippen LogP) is 7.20. The smallest absolute Gasteiger partial charge is 0.0213 e. The monoisotopic (exact) mass is 426 g/mol. The molecular weight excluding hydrogens is 391 g/mol. The van der Waals surface area contributed by atoms with Crippen molar-refractivity contribution in [2.24, 2.45) is 17.8 Å². The van der Waals surface area contributed by atoms with Crippen LogP contribution in [0.15, 0.2) is 23.3 Å². The van der Waals surface area contributed by atoms with Gasteiger partial charge in [0.05, 0.1) is 0 Å². The highest BCUT2D eigenvalue weighted by molar-refractivity contribution is 14.2. The molecule has 0 radical (unpaired) electrons. The summed E-state index contributed by atoms with van der Waals surface area (Å²) in [7, 11) is 0. The van der Waals surface area contributed by atoms with Crippen molar-refractivity contribution in [1.29, 1.82) is 0 Å². The van der Waals surface area contributed by atoms with Crippen LogP contribution in [0.1, 0.15) is 84.5 Å². The molecule has 3 aliphatic rings. The van der Waals surface area contributed by atoms with E-state index < -0.39 is 0 Å². The molecule has 0 aromatic carbocycles. The molecule has 1 unspecified atom stereocenters. The first-order valence-corrected chi connectivity index (χ1v) is 12.5. The Morgan fingerprint density at radius 3 is 2.65 bits per heavy atom. The SMILES string of the molecule is C=I[C@@]12CCCC(C1)C(/C=C\CC1CCCCC1)=C(C(C)C)C2. The average molecular weight is 426 g/mol. The summed E-state index contributed by atoms with van der Waals surface area (Å²) in [6.45, 7) is 4.83. The zero-order chi connectivity index (χ0) is 16.3. The van der Waals surface area contributed by atoms with Crippen LogP contribution in [0.25, 0.3) is 0 Å². The molecule has 0 nitrogen and oxygen atoms in total. The van der Waals surface area contributed by atoms with Crippen LogP contribution in [-0.2, 0) is 0 Å². The maximum atomic E-state index is 4.43. The van der Waals surface area contributed by atoms with Gasteiger partial charge in [0.25, 0.3) is 0 Å². The molecule has 3 aliphatic carbocycles. The minimum absolute atomic E-state index is 0.119. The van der Waals surface area contributed by atoms with Gasteiger partial charge in [0, 0.05) is 3.42 Å². The van der Waals surface area contributed by atoms with Gasteiger partial charge in [-0.1, -0.05) is 74.6 Å². The molecule has 0 amide bonds. The van der Waals surface area contributed by atoms with E-state index in [2.05, 4.69) is 30.5 Å². The number of hydrogen-bond acceptors (Lipinski definition) is 0. The molecular formula is C22H35I. The Morgan fingerprint density at radius 1 is 1.17 bits per heavy atom. The molecule has 2 atom stereocenters. The minimum atomic E-state index is 0.119. The van der Waals surface area contributed by atoms with Crippen LogP contribution in [0.2, 0.25) is 0 Å². The molecule has 3 rings (SSSR count). The lowest BCUT2D eigenvalue weighted by molar-refractivity contribution is 0.311. The van der Waals surface area contributed by atoms with Crippen molar-refractivity contribution in [2.75, 3.05) is 0 Å². The highest BCUT2D eigenvalue weighted by Crippen LogP contribution is 2.53. The van der Waals surface area contributed by atoms with Crippen molar-refractivity contribution in [3.63, 3.8) is 0 Å². The van der Waals surface area contributed by atoms with Crippen molar-refractivity contribution in [3.8, 4) is 0 Å². The second-order valence-corrected chi connectivity index (χ2v) is 11.6. The molecule has 1 heteroatoms. The van der Waals surface area contributed by atoms with Crippen molar-refractivity contribution in [2.45, 2.75) is 87.9 Å². The quantitative estimate of drug-likeness (QED) is 0.322. The van der Waals surface area contributed by atoms with Gasteiger partial charge < -0.3 is 0 Å². The van der Waals surface area contributed by atoms with Crippen molar-refractivity contribution < 1.29 is 0 Å². The van der Waals surface area contributed by atoms with Crippen LogP contribution in [-0.4, -0.2) is 7.94 Å². The molecule has 0 N–H and O–H groups in total. The summed E-state index contributed by atoms with van der Waals surface area (Å²) in [5.41, 5.74) is 3.55. The topological polar surface area (TPSA) is 0 Å². The highest BCUT2D eigenvalue weighted by Gasteiger charge is 2.41. The number of hydrogen-bond donors (Lipinski definition) is 0. The Bertz CT molecular complexity index is 478. The molecule has 2 saturated carbocycles. The second-order valence-electron chi connectivity index (χ2n) is 8.53. The van der Waals surface area contributed by atoms with E-state index in [-0.39, 0.29) is 20.7 Å². The van der Waals surface area contributed by atoms with E-state index in [4.69, 9.17) is 0 Å². The van der Waals surface area contributed by atoms with E-state index >= 15 is 0 Å². The third kappa shape index (κ3) is 4.19. The van der Waals surface area contributed by atoms with Gasteiger partial charge >= 0.3 is 0 Å². The van der Waals surface area contributed by atoms with Gasteiger partial charge in [-0.05, 0) is 55.4 Å². The first-order valence-electron chi connectivity index (χ1n) is 9.92. The summed E-state index contributed by atoms with van der Waals surface area (Å²) in [5.74, 6) is 2.56. The number of allylic oxidation sites excluding steroid dienone is 4. The molecule has 23 heavy (non-hydrogen) atoms. The predicted molar refractivity (Wildman–Crippen MR) is 113 cm³/mol. The van der Waals surface area contributed by atoms with Crippen LogP contribution in [0.5, 0.6) is 0 Å². The molecule has 0 aromatic rings. The summed E-state index contributed by atoms with van der Waals surface area (Å²) in [4.78, 5) is 0. The van der Waals surface area contributed by atoms with Crippen LogP contribution >= 0.6 is 20.7 Å². The Kier molecular flexibility index (Phi) is 6.20. The Labute approximate surface area is 154 Å². The van der Waals surface area contributed by atoms with E-state index in [1.807, 2.05) is 0 Å². The standard InChI is InChI=1S/C22H35I/c1-17(2)21-16-22(23-3)14-8-12-19(15-22)20(21)13-7-11-18-9-5-4-6-10-18/h7,13,17-19H,3-6,8-12,14-16H2,1-2H3/b13-7-/t19?,22-/m0/s1. The fourth-order valence-electron chi connectivity index (χ4n) is 5.20. The van der Waals surface area contributed by atoms with Gasteiger partial charge in [-0.15, -0.1) is 20.7 Å². The van der Waals surface area contributed by atoms with Gasteiger partial charge in [-0.3, -0.25) is 0 Å². The van der Waals surface area contributed by atoms with E-state index in [9.17, 15) is 0 Å². The first kappa shape index (κ1) is 17.9. The largest absolute Gasteiger partial charge is 0.123 e. The van der Waals surface area contributed by atoms with Gasteiger partial charge in [0.1, 0.15) is 0 Å². The normalized spacial score (nSPS) is 32.9. The van der Waals surface area contributed by atoms with Crippen molar-refractivity contribution in [1.82, 2.24) is 0 Å². The summed E-state index contributed by atoms with van der Waals surface area (Å²) in [6, 6.07) is 0. The second kappa shape index (κ2) is 7.97. The molecule has 2 bridgehead atoms. The van der Waals surface area contributed by atoms with Crippen molar-refractivity contribution in [3.05, 3.63) is 23.3 Å². The highest BCUT2D eigenvalue weighted by atomic mass is 127. The van der Waals surface area contributed by atoms with Gasteiger partial charge in [-0.2, -0.15) is 0 Å². The van der Waals surface area contributed by atoms with E-state index in [0.717, 1.165) is 17.8 Å². The fourth-order valence-corrected chi connectivity index (χ4v) is 7.49. The lowest BCUT2D eigenvalue weighted by Gasteiger charge is -2.45. The van der Waals surface area contributed by atoms with Crippen LogP contribution in [0, 0.1) is 17.8 Å². The Balaban J connectivity index is 1.76. The number of alkyl halides is 1. The number of rotatable bonds is 5. The Hall–Kier alpha value is 0.0800. The van der Waals surface area contributed by atoms with Gasteiger partial charge in [0.15, 0.2) is 0 Å². The lowest BCUT2D eigenvalue weighted by Crippen LogP contribution is -2.36. The zero-order valence-corrected chi connectivity index (χ0v) is 17.4. The minimum Gasteiger partial charge on any atom is -0.123 e. The molecule has 0 aliphatic heterocycles. The maximum Gasteiger partial charge on any atom is 0.0213 e. The molecule has 0 spiro atoms. The lowest BCUT2D eigenvalue weighted by atomic mass is 9.67. The van der Waals surface area contributed by atoms with Gasteiger partial charge in [-0.25, -0.2) is 0 Å². The molecule has 130 valence electrons. The molecule has 0 aromatic heterocycles. The van der Waals surface area contributed by atoms with Crippen LogP contribution in [0.4, 0.5) is 0 Å². The van der Waals surface area contributed by atoms with E-state index in [1.54, 1.807) is 11.1 Å². The third-order valence-electron chi connectivity index (χ3n) is 6.58. The maximum absolute atomic E-state index is 4.43. The molecule has 0 heterocycles. The summed E-state index contributed by atoms with van der Waals surface area (Å²) < 4.78 is 5.09. The van der Waals surface area contributed by atoms with E-state index in [1.165, 1.54) is 70.6 Å². The number of fused-ring (bicyclic) bond motifs is 2. The molecule has 2 fully saturated rings. The fraction of sp³-hybridized carbons (Fsp3) is 0.773. The zero-order valence-electron chi connectivity index (χ0n) is 15.2. The third-order valence-corrected chi connectivity index (χ3v) is 9.56. The first-order chi connectivity index (χ1) is 11.1. The Morgan fingerprint density at radius 2 is 1.96 bits per heavy atom. The summed E-state index contributed by atoms with van der Waals surface area (Å²) >= 11 is 0.119. The average Bonchev–Trinajstić information content (AvgIpc) is 2.57. The summed E-state index contributed by atoms with van der Waals surface area (Å²) in [5, 5.41) is 0. The number of halogens is 1. The van der Waals surface area contributed by atoms with Crippen molar-refractivity contribution >= 4 is 25.2 Å². The van der Waals surface area contributed by atoms with Crippen LogP contribution < -0.4 is 0 Å². The van der Waals surface area contributed by atoms with Gasteiger partial charge in [0.2, 0.25) is 0 Å².